The van der Waals surface area contributed by atoms with Crippen molar-refractivity contribution in [2.24, 2.45) is 11.8 Å². The van der Waals surface area contributed by atoms with Crippen LogP contribution in [0.1, 0.15) is 120 Å². The Hall–Kier alpha value is -2.60. The van der Waals surface area contributed by atoms with Crippen LogP contribution in [0.25, 0.3) is 0 Å². The van der Waals surface area contributed by atoms with E-state index < -0.39 is 0 Å². The Morgan fingerprint density at radius 2 is 1.61 bits per heavy atom. The van der Waals surface area contributed by atoms with Gasteiger partial charge >= 0.3 is 5.97 Å². The fourth-order valence-electron chi connectivity index (χ4n) is 5.52. The molecule has 1 aliphatic rings. The molecule has 0 saturated heterocycles. The number of nitrogens with zero attached hydrogens (tertiary/aromatic N) is 1. The normalized spacial score (nSPS) is 18.4. The highest BCUT2D eigenvalue weighted by molar-refractivity contribution is 5.76. The molecular weight excluding hydrogens is 442 g/mol. The van der Waals surface area contributed by atoms with Gasteiger partial charge in [-0.15, -0.1) is 0 Å². The summed E-state index contributed by atoms with van der Waals surface area (Å²) in [5, 5.41) is 9.57. The molecule has 194 valence electrons. The van der Waals surface area contributed by atoms with Crippen LogP contribution in [0.4, 0.5) is 0 Å². The second-order valence-corrected chi connectivity index (χ2v) is 10.9. The molecule has 36 heavy (non-hydrogen) atoms. The quantitative estimate of drug-likeness (QED) is 0.161. The number of nitriles is 1. The molecule has 1 saturated carbocycles. The Kier molecular flexibility index (Phi) is 11.5. The first-order valence-electron chi connectivity index (χ1n) is 14.4. The van der Waals surface area contributed by atoms with Crippen LogP contribution in [-0.2, 0) is 17.6 Å². The summed E-state index contributed by atoms with van der Waals surface area (Å²) in [6, 6.07) is 17.1. The van der Waals surface area contributed by atoms with E-state index in [1.54, 1.807) is 6.07 Å². The standard InChI is InChI=1S/C33H45NO2/c1-4-6-8-10-25(3)22-27-12-15-28(16-13-27)29-17-19-30(20-18-29)33(35)36-32-21-14-26(11-9-7-5-2)23-31(32)24-34/h12-16,21,23,25,29-30H,4-11,17-20,22H2,1-3H3. The lowest BCUT2D eigenvalue weighted by molar-refractivity contribution is -0.140. The van der Waals surface area contributed by atoms with Gasteiger partial charge in [0.2, 0.25) is 0 Å². The van der Waals surface area contributed by atoms with Crippen LogP contribution in [0.2, 0.25) is 0 Å². The molecule has 1 aliphatic carbocycles. The van der Waals surface area contributed by atoms with Gasteiger partial charge in [0.15, 0.2) is 0 Å². The van der Waals surface area contributed by atoms with Crippen LogP contribution >= 0.6 is 0 Å². The lowest BCUT2D eigenvalue weighted by atomic mass is 9.78. The first-order valence-corrected chi connectivity index (χ1v) is 14.4. The lowest BCUT2D eigenvalue weighted by Gasteiger charge is -2.27. The van der Waals surface area contributed by atoms with Gasteiger partial charge in [0.05, 0.1) is 11.5 Å². The fraction of sp³-hybridized carbons (Fsp3) is 0.576. The maximum atomic E-state index is 12.9. The molecule has 2 aromatic rings. The van der Waals surface area contributed by atoms with Gasteiger partial charge in [-0.1, -0.05) is 89.6 Å². The maximum absolute atomic E-state index is 12.9. The van der Waals surface area contributed by atoms with Crippen molar-refractivity contribution >= 4 is 5.97 Å². The minimum Gasteiger partial charge on any atom is -0.425 e. The van der Waals surface area contributed by atoms with Crippen molar-refractivity contribution < 1.29 is 9.53 Å². The van der Waals surface area contributed by atoms with Crippen LogP contribution in [0.15, 0.2) is 42.5 Å². The summed E-state index contributed by atoms with van der Waals surface area (Å²) < 4.78 is 5.72. The zero-order valence-corrected chi connectivity index (χ0v) is 22.7. The van der Waals surface area contributed by atoms with Crippen LogP contribution in [-0.4, -0.2) is 5.97 Å². The number of carbonyl (C=O) groups excluding carboxylic acids is 1. The smallest absolute Gasteiger partial charge is 0.314 e. The summed E-state index contributed by atoms with van der Waals surface area (Å²) >= 11 is 0. The lowest BCUT2D eigenvalue weighted by Crippen LogP contribution is -2.25. The molecule has 1 atom stereocenters. The maximum Gasteiger partial charge on any atom is 0.314 e. The molecule has 0 spiro atoms. The summed E-state index contributed by atoms with van der Waals surface area (Å²) in [6.45, 7) is 6.81. The highest BCUT2D eigenvalue weighted by Crippen LogP contribution is 2.37. The second kappa shape index (κ2) is 14.8. The average Bonchev–Trinajstić information content (AvgIpc) is 2.90. The number of hydrogen-bond donors (Lipinski definition) is 0. The number of carbonyl (C=O) groups is 1. The van der Waals surface area contributed by atoms with E-state index in [2.05, 4.69) is 51.1 Å². The molecule has 2 aromatic carbocycles. The Morgan fingerprint density at radius 1 is 0.944 bits per heavy atom. The number of benzene rings is 2. The molecule has 3 rings (SSSR count). The number of esters is 1. The topological polar surface area (TPSA) is 50.1 Å². The van der Waals surface area contributed by atoms with Crippen molar-refractivity contribution in [3.05, 3.63) is 64.7 Å². The van der Waals surface area contributed by atoms with Crippen molar-refractivity contribution in [1.82, 2.24) is 0 Å². The van der Waals surface area contributed by atoms with Gasteiger partial charge in [-0.05, 0) is 85.6 Å². The molecule has 0 aliphatic heterocycles. The minimum atomic E-state index is -0.184. The van der Waals surface area contributed by atoms with Crippen molar-refractivity contribution in [2.45, 2.75) is 110 Å². The summed E-state index contributed by atoms with van der Waals surface area (Å²) in [7, 11) is 0. The molecule has 0 heterocycles. The largest absolute Gasteiger partial charge is 0.425 e. The Labute approximate surface area is 219 Å². The van der Waals surface area contributed by atoms with Gasteiger partial charge in [0.1, 0.15) is 11.8 Å². The summed E-state index contributed by atoms with van der Waals surface area (Å²) in [5.74, 6) is 1.39. The van der Waals surface area contributed by atoms with Crippen LogP contribution in [0.3, 0.4) is 0 Å². The predicted octanol–water partition coefficient (Wildman–Crippen LogP) is 8.93. The van der Waals surface area contributed by atoms with E-state index in [1.807, 2.05) is 12.1 Å². The monoisotopic (exact) mass is 487 g/mol. The molecule has 0 bridgehead atoms. The molecule has 0 N–H and O–H groups in total. The van der Waals surface area contributed by atoms with E-state index in [0.717, 1.165) is 56.4 Å². The molecule has 3 heteroatoms. The van der Waals surface area contributed by atoms with Gasteiger partial charge < -0.3 is 4.74 Å². The number of aryl methyl sites for hydroxylation is 1. The third-order valence-electron chi connectivity index (χ3n) is 7.84. The Morgan fingerprint density at radius 3 is 2.28 bits per heavy atom. The Balaban J connectivity index is 1.48. The van der Waals surface area contributed by atoms with E-state index in [1.165, 1.54) is 49.7 Å². The molecule has 3 nitrogen and oxygen atoms in total. The van der Waals surface area contributed by atoms with Gasteiger partial charge in [-0.2, -0.15) is 5.26 Å². The first-order chi connectivity index (χ1) is 17.5. The van der Waals surface area contributed by atoms with Gasteiger partial charge in [-0.3, -0.25) is 4.79 Å². The van der Waals surface area contributed by atoms with Crippen molar-refractivity contribution in [2.75, 3.05) is 0 Å². The summed E-state index contributed by atoms with van der Waals surface area (Å²) in [5.41, 5.74) is 4.43. The van der Waals surface area contributed by atoms with Gasteiger partial charge in [0.25, 0.3) is 0 Å². The second-order valence-electron chi connectivity index (χ2n) is 10.9. The third kappa shape index (κ3) is 8.51. The van der Waals surface area contributed by atoms with E-state index in [9.17, 15) is 10.1 Å². The van der Waals surface area contributed by atoms with E-state index in [0.29, 0.717) is 17.2 Å². The third-order valence-corrected chi connectivity index (χ3v) is 7.84. The highest BCUT2D eigenvalue weighted by atomic mass is 16.5. The summed E-state index contributed by atoms with van der Waals surface area (Å²) in [6.07, 6.45) is 14.6. The van der Waals surface area contributed by atoms with Crippen molar-refractivity contribution in [3.8, 4) is 11.8 Å². The van der Waals surface area contributed by atoms with Crippen LogP contribution in [0, 0.1) is 23.2 Å². The number of hydrogen-bond acceptors (Lipinski definition) is 3. The zero-order chi connectivity index (χ0) is 25.8. The van der Waals surface area contributed by atoms with Crippen LogP contribution < -0.4 is 4.74 Å². The molecular formula is C33H45NO2. The average molecular weight is 488 g/mol. The number of ether oxygens (including phenoxy) is 1. The fourth-order valence-corrected chi connectivity index (χ4v) is 5.52. The van der Waals surface area contributed by atoms with Crippen molar-refractivity contribution in [1.29, 1.82) is 5.26 Å². The molecule has 1 fully saturated rings. The highest BCUT2D eigenvalue weighted by Gasteiger charge is 2.29. The molecule has 0 radical (unpaired) electrons. The molecule has 0 aromatic heterocycles. The van der Waals surface area contributed by atoms with E-state index in [4.69, 9.17) is 4.74 Å². The number of unbranched alkanes of at least 4 members (excludes halogenated alkanes) is 4. The van der Waals surface area contributed by atoms with Crippen LogP contribution in [0.5, 0.6) is 5.75 Å². The van der Waals surface area contributed by atoms with Gasteiger partial charge in [-0.25, -0.2) is 0 Å². The summed E-state index contributed by atoms with van der Waals surface area (Å²) in [4.78, 5) is 12.9. The minimum absolute atomic E-state index is 0.0831. The van der Waals surface area contributed by atoms with E-state index in [-0.39, 0.29) is 11.9 Å². The molecule has 1 unspecified atom stereocenters. The predicted molar refractivity (Wildman–Crippen MR) is 148 cm³/mol. The number of rotatable bonds is 13. The van der Waals surface area contributed by atoms with Crippen molar-refractivity contribution in [3.63, 3.8) is 0 Å². The molecule has 0 amide bonds. The zero-order valence-electron chi connectivity index (χ0n) is 22.7. The van der Waals surface area contributed by atoms with E-state index >= 15 is 0 Å². The Bertz CT molecular complexity index is 980. The SMILES string of the molecule is CCCCCc1ccc(OC(=O)C2CCC(c3ccc(CC(C)CCCCC)cc3)CC2)c(C#N)c1. The van der Waals surface area contributed by atoms with Gasteiger partial charge in [0, 0.05) is 0 Å². The first kappa shape index (κ1) is 28.0.